The number of hydrogen-bond donors (Lipinski definition) is 3. The molecule has 30 heavy (non-hydrogen) atoms. The number of esters is 1. The van der Waals surface area contributed by atoms with Gasteiger partial charge in [0.05, 0.1) is 25.2 Å². The Morgan fingerprint density at radius 2 is 1.97 bits per heavy atom. The molecule has 2 aromatic carbocycles. The van der Waals surface area contributed by atoms with Gasteiger partial charge in [0, 0.05) is 16.8 Å². The summed E-state index contributed by atoms with van der Waals surface area (Å²) in [5.41, 5.74) is 7.84. The molecule has 8 nitrogen and oxygen atoms in total. The van der Waals surface area contributed by atoms with E-state index in [0.29, 0.717) is 28.4 Å². The van der Waals surface area contributed by atoms with Gasteiger partial charge in [-0.2, -0.15) is 4.98 Å². The van der Waals surface area contributed by atoms with Crippen molar-refractivity contribution >= 4 is 28.4 Å². The number of aromatic nitrogens is 2. The summed E-state index contributed by atoms with van der Waals surface area (Å²) < 4.78 is 11.0. The third kappa shape index (κ3) is 3.06. The molecule has 0 aliphatic carbocycles. The Morgan fingerprint density at radius 3 is 2.70 bits per heavy atom. The lowest BCUT2D eigenvalue weighted by molar-refractivity contribution is -0.138. The van der Waals surface area contributed by atoms with E-state index >= 15 is 0 Å². The van der Waals surface area contributed by atoms with Crippen LogP contribution >= 0.6 is 0 Å². The van der Waals surface area contributed by atoms with E-state index in [9.17, 15) is 9.59 Å². The zero-order valence-electron chi connectivity index (χ0n) is 16.9. The molecule has 0 radical (unpaired) electrons. The molecule has 8 heteroatoms. The number of nitrogens with zero attached hydrogens (tertiary/aromatic N) is 1. The molecule has 1 aliphatic rings. The van der Waals surface area contributed by atoms with Crippen LogP contribution in [0.4, 0.5) is 11.6 Å². The van der Waals surface area contributed by atoms with Crippen molar-refractivity contribution in [3.05, 3.63) is 69.3 Å². The largest absolute Gasteiger partial charge is 0.496 e. The van der Waals surface area contributed by atoms with Gasteiger partial charge in [-0.05, 0) is 30.7 Å². The topological polar surface area (TPSA) is 119 Å². The first-order valence-electron chi connectivity index (χ1n) is 9.56. The molecule has 3 aromatic rings. The predicted molar refractivity (Wildman–Crippen MR) is 115 cm³/mol. The number of benzene rings is 2. The fourth-order valence-corrected chi connectivity index (χ4v) is 4.01. The summed E-state index contributed by atoms with van der Waals surface area (Å²) in [6.07, 6.45) is 0. The minimum Gasteiger partial charge on any atom is -0.496 e. The second kappa shape index (κ2) is 7.55. The lowest BCUT2D eigenvalue weighted by Crippen LogP contribution is -2.29. The number of nitrogens with two attached hydrogens (primary N) is 1. The quantitative estimate of drug-likeness (QED) is 0.570. The minimum atomic E-state index is -0.648. The van der Waals surface area contributed by atoms with Crippen molar-refractivity contribution in [3.63, 3.8) is 0 Å². The molecule has 0 bridgehead atoms. The molecule has 4 N–H and O–H groups in total. The van der Waals surface area contributed by atoms with E-state index < -0.39 is 17.6 Å². The zero-order valence-corrected chi connectivity index (χ0v) is 16.9. The summed E-state index contributed by atoms with van der Waals surface area (Å²) >= 11 is 0. The molecule has 0 spiro atoms. The smallest absolute Gasteiger partial charge is 0.348 e. The average molecular weight is 406 g/mol. The number of carbonyl (C=O) groups excluding carboxylic acids is 1. The van der Waals surface area contributed by atoms with E-state index in [2.05, 4.69) is 15.3 Å². The molecule has 1 aliphatic heterocycles. The van der Waals surface area contributed by atoms with Crippen molar-refractivity contribution in [1.29, 1.82) is 0 Å². The highest BCUT2D eigenvalue weighted by Crippen LogP contribution is 2.48. The van der Waals surface area contributed by atoms with Crippen LogP contribution in [0.5, 0.6) is 5.75 Å². The van der Waals surface area contributed by atoms with Gasteiger partial charge in [-0.25, -0.2) is 9.59 Å². The van der Waals surface area contributed by atoms with E-state index in [1.165, 1.54) is 0 Å². The molecule has 1 atom stereocenters. The number of nitrogen functional groups attached to an aromatic ring is 1. The number of ether oxygens (including phenoxy) is 2. The maximum Gasteiger partial charge on any atom is 0.348 e. The van der Waals surface area contributed by atoms with E-state index in [1.54, 1.807) is 21.0 Å². The maximum absolute atomic E-state index is 13.0. The van der Waals surface area contributed by atoms with E-state index in [1.807, 2.05) is 36.4 Å². The number of fused-ring (bicyclic) bond motifs is 2. The minimum absolute atomic E-state index is 0.131. The molecule has 1 aromatic heterocycles. The fraction of sp³-hybridized carbons (Fsp3) is 0.227. The van der Waals surface area contributed by atoms with Crippen molar-refractivity contribution < 1.29 is 14.3 Å². The Balaban J connectivity index is 2.12. The highest BCUT2D eigenvalue weighted by molar-refractivity contribution is 5.98. The Hall–Kier alpha value is -3.81. The van der Waals surface area contributed by atoms with E-state index in [0.717, 1.165) is 16.3 Å². The second-order valence-corrected chi connectivity index (χ2v) is 6.94. The lowest BCUT2D eigenvalue weighted by Gasteiger charge is -2.31. The Kier molecular flexibility index (Phi) is 4.91. The monoisotopic (exact) mass is 406 g/mol. The highest BCUT2D eigenvalue weighted by Gasteiger charge is 2.38. The number of rotatable bonds is 4. The third-order valence-corrected chi connectivity index (χ3v) is 5.22. The van der Waals surface area contributed by atoms with Crippen molar-refractivity contribution in [2.24, 2.45) is 0 Å². The van der Waals surface area contributed by atoms with E-state index in [4.69, 9.17) is 15.2 Å². The fourth-order valence-electron chi connectivity index (χ4n) is 4.01. The first-order valence-corrected chi connectivity index (χ1v) is 9.56. The molecule has 0 amide bonds. The normalized spacial score (nSPS) is 15.5. The maximum atomic E-state index is 13.0. The van der Waals surface area contributed by atoms with Crippen LogP contribution in [-0.4, -0.2) is 29.7 Å². The van der Waals surface area contributed by atoms with Gasteiger partial charge < -0.3 is 20.5 Å². The summed E-state index contributed by atoms with van der Waals surface area (Å²) in [4.78, 5) is 31.6. The summed E-state index contributed by atoms with van der Waals surface area (Å²) in [6, 6.07) is 11.6. The first kappa shape index (κ1) is 19.5. The lowest BCUT2D eigenvalue weighted by atomic mass is 9.79. The van der Waals surface area contributed by atoms with Gasteiger partial charge in [0.15, 0.2) is 0 Å². The summed E-state index contributed by atoms with van der Waals surface area (Å²) in [5, 5.41) is 4.92. The molecule has 154 valence electrons. The SMILES string of the molecule is CCOC(=O)C1=C(C)Nc2nc(=O)[nH]c(N)c2C1c1c(OC)ccc2ccccc12. The van der Waals surface area contributed by atoms with Crippen molar-refractivity contribution in [2.75, 3.05) is 24.8 Å². The van der Waals surface area contributed by atoms with Gasteiger partial charge in [0.25, 0.3) is 0 Å². The van der Waals surface area contributed by atoms with Crippen LogP contribution in [0.2, 0.25) is 0 Å². The summed E-state index contributed by atoms with van der Waals surface area (Å²) in [6.45, 7) is 3.72. The second-order valence-electron chi connectivity index (χ2n) is 6.94. The molecular formula is C22H22N4O4. The molecular weight excluding hydrogens is 384 g/mol. The Labute approximate surface area is 172 Å². The van der Waals surface area contributed by atoms with Crippen LogP contribution in [0.1, 0.15) is 30.9 Å². The highest BCUT2D eigenvalue weighted by atomic mass is 16.5. The third-order valence-electron chi connectivity index (χ3n) is 5.22. The molecule has 0 saturated carbocycles. The number of nitrogens with one attached hydrogen (secondary N) is 2. The van der Waals surface area contributed by atoms with Crippen LogP contribution in [0.3, 0.4) is 0 Å². The molecule has 0 fully saturated rings. The standard InChI is InChI=1S/C22H22N4O4/c1-4-30-21(27)15-11(2)24-20-18(19(23)25-22(28)26-20)17(15)16-13-8-6-5-7-12(13)9-10-14(16)29-3/h5-10,17H,4H2,1-3H3,(H4,23,24,25,26,28). The average Bonchev–Trinajstić information content (AvgIpc) is 2.71. The summed E-state index contributed by atoms with van der Waals surface area (Å²) in [7, 11) is 1.57. The van der Waals surface area contributed by atoms with Gasteiger partial charge in [0.2, 0.25) is 0 Å². The first-order chi connectivity index (χ1) is 14.5. The van der Waals surface area contributed by atoms with Crippen molar-refractivity contribution in [1.82, 2.24) is 9.97 Å². The van der Waals surface area contributed by atoms with Gasteiger partial charge in [0.1, 0.15) is 17.4 Å². The van der Waals surface area contributed by atoms with E-state index in [-0.39, 0.29) is 12.4 Å². The van der Waals surface area contributed by atoms with Crippen LogP contribution in [0.15, 0.2) is 52.5 Å². The number of methoxy groups -OCH3 is 1. The van der Waals surface area contributed by atoms with Gasteiger partial charge in [-0.15, -0.1) is 0 Å². The van der Waals surface area contributed by atoms with Crippen LogP contribution < -0.4 is 21.5 Å². The van der Waals surface area contributed by atoms with Gasteiger partial charge >= 0.3 is 11.7 Å². The van der Waals surface area contributed by atoms with Crippen molar-refractivity contribution in [3.8, 4) is 5.75 Å². The van der Waals surface area contributed by atoms with Crippen LogP contribution in [0, 0.1) is 0 Å². The molecule has 0 saturated heterocycles. The number of hydrogen-bond acceptors (Lipinski definition) is 7. The van der Waals surface area contributed by atoms with Crippen LogP contribution in [0.25, 0.3) is 10.8 Å². The van der Waals surface area contributed by atoms with Crippen LogP contribution in [-0.2, 0) is 9.53 Å². The molecule has 2 heterocycles. The zero-order chi connectivity index (χ0) is 21.4. The number of anilines is 2. The number of allylic oxidation sites excluding steroid dienone is 1. The van der Waals surface area contributed by atoms with Gasteiger partial charge in [-0.1, -0.05) is 30.3 Å². The Bertz CT molecular complexity index is 1250. The summed E-state index contributed by atoms with van der Waals surface area (Å²) in [5.74, 6) is -0.0928. The van der Waals surface area contributed by atoms with Crippen molar-refractivity contribution in [2.45, 2.75) is 19.8 Å². The number of aromatic amines is 1. The number of H-pyrrole nitrogens is 1. The van der Waals surface area contributed by atoms with Gasteiger partial charge in [-0.3, -0.25) is 4.98 Å². The molecule has 4 rings (SSSR count). The Morgan fingerprint density at radius 1 is 1.20 bits per heavy atom. The number of carbonyl (C=O) groups is 1. The predicted octanol–water partition coefficient (Wildman–Crippen LogP) is 2.91. The molecule has 1 unspecified atom stereocenters.